The third-order valence-corrected chi connectivity index (χ3v) is 7.37. The van der Waals surface area contributed by atoms with E-state index in [1.54, 1.807) is 12.1 Å². The Hall–Kier alpha value is -2.42. The summed E-state index contributed by atoms with van der Waals surface area (Å²) in [6, 6.07) is 2.81. The minimum Gasteiger partial charge on any atom is -0.493 e. The molecule has 2 aliphatic rings. The van der Waals surface area contributed by atoms with Gasteiger partial charge in [0.15, 0.2) is 17.6 Å². The molecule has 0 bridgehead atoms. The first-order valence-electron chi connectivity index (χ1n) is 10.0. The Kier molecular flexibility index (Phi) is 5.83. The molecule has 1 unspecified atom stereocenters. The molecule has 1 saturated carbocycles. The van der Waals surface area contributed by atoms with Crippen LogP contribution in [0.5, 0.6) is 11.5 Å². The molecule has 2 heterocycles. The van der Waals surface area contributed by atoms with Crippen LogP contribution in [0.15, 0.2) is 18.5 Å². The molecule has 1 aromatic heterocycles. The van der Waals surface area contributed by atoms with Gasteiger partial charge >= 0.3 is 6.18 Å². The highest BCUT2D eigenvalue weighted by Crippen LogP contribution is 2.52. The second kappa shape index (κ2) is 8.11. The molecular formula is C19H24F3N5O5S. The van der Waals surface area contributed by atoms with Gasteiger partial charge in [-0.1, -0.05) is 0 Å². The fourth-order valence-corrected chi connectivity index (χ4v) is 5.58. The molecule has 2 fully saturated rings. The molecule has 2 aromatic rings. The van der Waals surface area contributed by atoms with Crippen molar-refractivity contribution in [3.05, 3.63) is 18.5 Å². The lowest BCUT2D eigenvalue weighted by Gasteiger charge is -2.61. The van der Waals surface area contributed by atoms with Gasteiger partial charge in [-0.3, -0.25) is 0 Å². The number of hydrogen-bond donors (Lipinski definition) is 2. The van der Waals surface area contributed by atoms with E-state index in [2.05, 4.69) is 9.97 Å². The fourth-order valence-electron chi connectivity index (χ4n) is 4.67. The highest BCUT2D eigenvalue weighted by molar-refractivity contribution is 7.86. The van der Waals surface area contributed by atoms with Crippen molar-refractivity contribution in [2.45, 2.75) is 31.2 Å². The van der Waals surface area contributed by atoms with E-state index in [0.29, 0.717) is 53.1 Å². The van der Waals surface area contributed by atoms with Crippen LogP contribution in [0.25, 0.3) is 10.9 Å². The number of nitrogens with two attached hydrogens (primary N) is 1. The second-order valence-corrected chi connectivity index (χ2v) is 10.0. The zero-order chi connectivity index (χ0) is 24.2. The minimum absolute atomic E-state index is 0.259. The number of rotatable bonds is 7. The number of fused-ring (bicyclic) bond motifs is 1. The lowest BCUT2D eigenvalue weighted by atomic mass is 9.60. The third-order valence-electron chi connectivity index (χ3n) is 6.27. The van der Waals surface area contributed by atoms with E-state index in [0.717, 1.165) is 5.39 Å². The fraction of sp³-hybridized carbons (Fsp3) is 0.579. The minimum atomic E-state index is -4.94. The number of ether oxygens (including phenoxy) is 2. The molecule has 33 heavy (non-hydrogen) atoms. The Morgan fingerprint density at radius 2 is 1.85 bits per heavy atom. The van der Waals surface area contributed by atoms with Crippen molar-refractivity contribution in [2.75, 3.05) is 38.8 Å². The van der Waals surface area contributed by atoms with Crippen LogP contribution in [0, 0.1) is 5.41 Å². The third kappa shape index (κ3) is 4.39. The van der Waals surface area contributed by atoms with Crippen LogP contribution in [0.2, 0.25) is 0 Å². The van der Waals surface area contributed by atoms with E-state index < -0.39 is 35.1 Å². The van der Waals surface area contributed by atoms with Gasteiger partial charge in [-0.2, -0.15) is 25.9 Å². The number of aliphatic hydroxyl groups is 1. The summed E-state index contributed by atoms with van der Waals surface area (Å²) in [7, 11) is -1.36. The molecule has 1 atom stereocenters. The number of alkyl halides is 3. The predicted molar refractivity (Wildman–Crippen MR) is 112 cm³/mol. The first-order chi connectivity index (χ1) is 15.4. The molecule has 1 aliphatic carbocycles. The summed E-state index contributed by atoms with van der Waals surface area (Å²) in [6.45, 7) is -0.0283. The molecule has 0 amide bonds. The molecule has 1 aliphatic heterocycles. The Morgan fingerprint density at radius 3 is 2.39 bits per heavy atom. The van der Waals surface area contributed by atoms with E-state index in [1.807, 2.05) is 4.90 Å². The van der Waals surface area contributed by atoms with Crippen LogP contribution in [0.4, 0.5) is 19.0 Å². The summed E-state index contributed by atoms with van der Waals surface area (Å²) < 4.78 is 73.1. The van der Waals surface area contributed by atoms with Gasteiger partial charge in [0.05, 0.1) is 26.3 Å². The molecule has 1 aromatic carbocycles. The van der Waals surface area contributed by atoms with Crippen LogP contribution < -0.4 is 19.5 Å². The maximum Gasteiger partial charge on any atom is 0.415 e. The maximum absolute atomic E-state index is 12.7. The van der Waals surface area contributed by atoms with Gasteiger partial charge in [0.1, 0.15) is 12.1 Å². The number of nitrogens with zero attached hydrogens (tertiary/aromatic N) is 4. The van der Waals surface area contributed by atoms with E-state index >= 15 is 0 Å². The Labute approximate surface area is 188 Å². The summed E-state index contributed by atoms with van der Waals surface area (Å²) >= 11 is 0. The first-order valence-corrected chi connectivity index (χ1v) is 11.5. The zero-order valence-electron chi connectivity index (χ0n) is 17.9. The summed E-state index contributed by atoms with van der Waals surface area (Å²) in [4.78, 5) is 10.6. The van der Waals surface area contributed by atoms with Crippen LogP contribution >= 0.6 is 0 Å². The Morgan fingerprint density at radius 1 is 1.24 bits per heavy atom. The molecular weight excluding hydrogens is 467 g/mol. The van der Waals surface area contributed by atoms with Gasteiger partial charge in [0, 0.05) is 36.0 Å². The van der Waals surface area contributed by atoms with Gasteiger partial charge in [0.25, 0.3) is 10.2 Å². The quantitative estimate of drug-likeness (QED) is 0.588. The average Bonchev–Trinajstić information content (AvgIpc) is 2.68. The number of aliphatic hydroxyl groups excluding tert-OH is 1. The monoisotopic (exact) mass is 491 g/mol. The average molecular weight is 491 g/mol. The number of methoxy groups -OCH3 is 2. The van der Waals surface area contributed by atoms with Gasteiger partial charge in [-0.15, -0.1) is 0 Å². The van der Waals surface area contributed by atoms with E-state index in [4.69, 9.17) is 14.6 Å². The van der Waals surface area contributed by atoms with Crippen LogP contribution in [-0.2, 0) is 10.2 Å². The van der Waals surface area contributed by atoms with Crippen molar-refractivity contribution < 1.29 is 36.2 Å². The van der Waals surface area contributed by atoms with Crippen molar-refractivity contribution in [2.24, 2.45) is 10.6 Å². The molecule has 1 spiro atoms. The number of aromatic nitrogens is 2. The number of benzene rings is 1. The lowest BCUT2D eigenvalue weighted by Crippen LogP contribution is -2.68. The Balaban J connectivity index is 1.47. The highest BCUT2D eigenvalue weighted by Gasteiger charge is 2.56. The SMILES string of the molecule is COc1cc2ncnc(N3CC4(CC(N(CC(O)C(F)(F)F)S(N)(=O)=O)C4)C3)c2cc1OC. The van der Waals surface area contributed by atoms with Crippen molar-refractivity contribution >= 4 is 26.9 Å². The van der Waals surface area contributed by atoms with E-state index in [9.17, 15) is 26.7 Å². The van der Waals surface area contributed by atoms with Gasteiger partial charge in [-0.05, 0) is 18.9 Å². The van der Waals surface area contributed by atoms with Gasteiger partial charge in [0.2, 0.25) is 0 Å². The molecule has 4 rings (SSSR count). The van der Waals surface area contributed by atoms with Crippen molar-refractivity contribution in [3.8, 4) is 11.5 Å². The van der Waals surface area contributed by atoms with Crippen molar-refractivity contribution in [1.82, 2.24) is 14.3 Å². The summed E-state index contributed by atoms with van der Waals surface area (Å²) in [5.74, 6) is 1.72. The topological polar surface area (TPSA) is 131 Å². The number of hydrogen-bond acceptors (Lipinski definition) is 8. The van der Waals surface area contributed by atoms with Crippen molar-refractivity contribution in [3.63, 3.8) is 0 Å². The smallest absolute Gasteiger partial charge is 0.415 e. The zero-order valence-corrected chi connectivity index (χ0v) is 18.7. The number of anilines is 1. The maximum atomic E-state index is 12.7. The molecule has 1 saturated heterocycles. The second-order valence-electron chi connectivity index (χ2n) is 8.51. The van der Waals surface area contributed by atoms with Gasteiger partial charge in [-0.25, -0.2) is 15.1 Å². The van der Waals surface area contributed by atoms with E-state index in [-0.39, 0.29) is 5.41 Å². The summed E-state index contributed by atoms with van der Waals surface area (Å²) in [6.07, 6.45) is -5.63. The standard InChI is InChI=1S/C19H24F3N5O5S/c1-31-14-3-12-13(4-15(14)32-2)24-10-25-17(12)26-8-18(9-26)5-11(6-18)27(33(23,29)30)7-16(28)19(20,21)22/h3-4,10-11,16,28H,5-9H2,1-2H3,(H2,23,29,30). The lowest BCUT2D eigenvalue weighted by molar-refractivity contribution is -0.207. The normalized spacial score (nSPS) is 19.5. The number of halogens is 3. The van der Waals surface area contributed by atoms with Crippen molar-refractivity contribution in [1.29, 1.82) is 0 Å². The van der Waals surface area contributed by atoms with Crippen LogP contribution in [-0.4, -0.2) is 80.0 Å². The first kappa shape index (κ1) is 23.7. The molecule has 14 heteroatoms. The molecule has 0 radical (unpaired) electrons. The molecule has 182 valence electrons. The van der Waals surface area contributed by atoms with Gasteiger partial charge < -0.3 is 19.5 Å². The summed E-state index contributed by atoms with van der Waals surface area (Å²) in [5.41, 5.74) is 0.400. The largest absolute Gasteiger partial charge is 0.493 e. The van der Waals surface area contributed by atoms with Crippen LogP contribution in [0.1, 0.15) is 12.8 Å². The predicted octanol–water partition coefficient (Wildman–Crippen LogP) is 1.04. The molecule has 10 nitrogen and oxygen atoms in total. The highest BCUT2D eigenvalue weighted by atomic mass is 32.2. The van der Waals surface area contributed by atoms with E-state index in [1.165, 1.54) is 20.5 Å². The summed E-state index contributed by atoms with van der Waals surface area (Å²) in [5, 5.41) is 15.2. The Bertz CT molecular complexity index is 1150. The van der Waals surface area contributed by atoms with Crippen LogP contribution in [0.3, 0.4) is 0 Å². The molecule has 3 N–H and O–H groups in total.